The molecule has 16 heteroatoms. The van der Waals surface area contributed by atoms with E-state index in [0.717, 1.165) is 4.90 Å². The van der Waals surface area contributed by atoms with Crippen molar-refractivity contribution in [2.75, 3.05) is 26.3 Å². The summed E-state index contributed by atoms with van der Waals surface area (Å²) in [6.07, 6.45) is 0. The number of esters is 2. The van der Waals surface area contributed by atoms with Gasteiger partial charge in [0.05, 0.1) is 23.8 Å². The molecule has 0 radical (unpaired) electrons. The minimum Gasteiger partial charge on any atom is -0.465 e. The Morgan fingerprint density at radius 3 is 1.69 bits per heavy atom. The van der Waals surface area contributed by atoms with Crippen LogP contribution in [0.15, 0.2) is 18.2 Å². The SMILES string of the molecule is CCOC(=O)CN(CC(=O)OCC)C(=O)c1ccc(-c2nc(C(Cl)(Cl)Cl)nc(C(Cl)(Cl)Cl)n2)cc1Cl. The zero-order valence-corrected chi connectivity index (χ0v) is 23.8. The van der Waals surface area contributed by atoms with Crippen molar-refractivity contribution in [1.29, 1.82) is 0 Å². The van der Waals surface area contributed by atoms with E-state index >= 15 is 0 Å². The number of hydrogen-bond donors (Lipinski definition) is 0. The predicted molar refractivity (Wildman–Crippen MR) is 138 cm³/mol. The van der Waals surface area contributed by atoms with E-state index in [1.807, 2.05) is 0 Å². The van der Waals surface area contributed by atoms with E-state index in [9.17, 15) is 14.4 Å². The summed E-state index contributed by atoms with van der Waals surface area (Å²) in [6, 6.07) is 4.09. The fourth-order valence-electron chi connectivity index (χ4n) is 2.68. The van der Waals surface area contributed by atoms with Gasteiger partial charge in [0.1, 0.15) is 13.1 Å². The van der Waals surface area contributed by atoms with Gasteiger partial charge in [0.15, 0.2) is 17.5 Å². The molecule has 2 rings (SSSR count). The Morgan fingerprint density at radius 1 is 0.833 bits per heavy atom. The van der Waals surface area contributed by atoms with Gasteiger partial charge in [-0.2, -0.15) is 0 Å². The Labute approximate surface area is 241 Å². The maximum atomic E-state index is 13.1. The number of rotatable bonds is 8. The first-order valence-electron chi connectivity index (χ1n) is 9.98. The molecule has 0 saturated carbocycles. The molecule has 0 N–H and O–H groups in total. The molecule has 0 aliphatic carbocycles. The van der Waals surface area contributed by atoms with Gasteiger partial charge >= 0.3 is 11.9 Å². The highest BCUT2D eigenvalue weighted by Gasteiger charge is 2.34. The molecule has 1 aromatic carbocycles. The third kappa shape index (κ3) is 8.62. The maximum absolute atomic E-state index is 13.1. The molecule has 1 amide bonds. The van der Waals surface area contributed by atoms with Crippen LogP contribution in [0.3, 0.4) is 0 Å². The highest BCUT2D eigenvalue weighted by molar-refractivity contribution is 6.67. The molecule has 196 valence electrons. The van der Waals surface area contributed by atoms with E-state index in [1.54, 1.807) is 13.8 Å². The molecule has 0 aliphatic heterocycles. The highest BCUT2D eigenvalue weighted by atomic mass is 35.6. The molecule has 36 heavy (non-hydrogen) atoms. The number of halogens is 7. The monoisotopic (exact) mass is 638 g/mol. The van der Waals surface area contributed by atoms with Crippen LogP contribution in [0.2, 0.25) is 5.02 Å². The van der Waals surface area contributed by atoms with E-state index in [2.05, 4.69) is 15.0 Å². The van der Waals surface area contributed by atoms with Gasteiger partial charge in [-0.05, 0) is 26.0 Å². The van der Waals surface area contributed by atoms with Crippen molar-refractivity contribution in [2.45, 2.75) is 21.4 Å². The second kappa shape index (κ2) is 13.0. The lowest BCUT2D eigenvalue weighted by molar-refractivity contribution is -0.147. The third-order valence-electron chi connectivity index (χ3n) is 4.14. The van der Waals surface area contributed by atoms with Crippen LogP contribution in [0.25, 0.3) is 11.4 Å². The smallest absolute Gasteiger partial charge is 0.325 e. The number of carbonyl (C=O) groups excluding carboxylic acids is 3. The Bertz CT molecular complexity index is 1090. The number of carbonyl (C=O) groups is 3. The number of alkyl halides is 6. The number of ether oxygens (including phenoxy) is 2. The molecular formula is C20H17Cl7N4O5. The molecular weight excluding hydrogens is 624 g/mol. The van der Waals surface area contributed by atoms with Gasteiger partial charge in [-0.1, -0.05) is 87.3 Å². The van der Waals surface area contributed by atoms with Crippen LogP contribution in [-0.4, -0.2) is 64.0 Å². The molecule has 0 saturated heterocycles. The van der Waals surface area contributed by atoms with Crippen LogP contribution >= 0.6 is 81.2 Å². The predicted octanol–water partition coefficient (Wildman–Crippen LogP) is 5.41. The second-order valence-electron chi connectivity index (χ2n) is 6.77. The van der Waals surface area contributed by atoms with Gasteiger partial charge in [0, 0.05) is 5.56 Å². The highest BCUT2D eigenvalue weighted by Crippen LogP contribution is 2.41. The van der Waals surface area contributed by atoms with E-state index in [0.29, 0.717) is 0 Å². The quantitative estimate of drug-likeness (QED) is 0.278. The van der Waals surface area contributed by atoms with E-state index in [-0.39, 0.29) is 46.8 Å². The van der Waals surface area contributed by atoms with Crippen LogP contribution in [0.5, 0.6) is 0 Å². The molecule has 0 fully saturated rings. The maximum Gasteiger partial charge on any atom is 0.325 e. The van der Waals surface area contributed by atoms with Crippen molar-refractivity contribution in [2.24, 2.45) is 0 Å². The molecule has 1 heterocycles. The van der Waals surface area contributed by atoms with Crippen molar-refractivity contribution < 1.29 is 23.9 Å². The second-order valence-corrected chi connectivity index (χ2v) is 11.7. The van der Waals surface area contributed by atoms with Gasteiger partial charge in [-0.25, -0.2) is 15.0 Å². The van der Waals surface area contributed by atoms with Crippen molar-refractivity contribution in [3.8, 4) is 11.4 Å². The average Bonchev–Trinajstić information content (AvgIpc) is 2.77. The molecule has 2 aromatic rings. The fraction of sp³-hybridized carbons (Fsp3) is 0.400. The molecule has 9 nitrogen and oxygen atoms in total. The summed E-state index contributed by atoms with van der Waals surface area (Å²) < 4.78 is 5.63. The summed E-state index contributed by atoms with van der Waals surface area (Å²) in [7, 11) is 0. The van der Waals surface area contributed by atoms with Crippen molar-refractivity contribution in [1.82, 2.24) is 19.9 Å². The van der Waals surface area contributed by atoms with Gasteiger partial charge in [0.2, 0.25) is 7.59 Å². The Kier molecular flexibility index (Phi) is 11.1. The lowest BCUT2D eigenvalue weighted by Crippen LogP contribution is -2.40. The molecule has 0 unspecified atom stereocenters. The third-order valence-corrected chi connectivity index (χ3v) is 5.46. The van der Waals surface area contributed by atoms with Crippen LogP contribution < -0.4 is 0 Å². The summed E-state index contributed by atoms with van der Waals surface area (Å²) >= 11 is 41.8. The van der Waals surface area contributed by atoms with Crippen LogP contribution in [0, 0.1) is 0 Å². The van der Waals surface area contributed by atoms with Gasteiger partial charge in [-0.15, -0.1) is 0 Å². The van der Waals surface area contributed by atoms with Crippen LogP contribution in [0.4, 0.5) is 0 Å². The first-order valence-corrected chi connectivity index (χ1v) is 12.6. The average molecular weight is 642 g/mol. The minimum atomic E-state index is -2.07. The first kappa shape index (κ1) is 30.9. The Hall–Kier alpha value is -1.33. The van der Waals surface area contributed by atoms with E-state index < -0.39 is 38.5 Å². The zero-order chi connectivity index (χ0) is 27.3. The number of nitrogens with zero attached hydrogens (tertiary/aromatic N) is 4. The topological polar surface area (TPSA) is 112 Å². The number of amides is 1. The fourth-order valence-corrected chi connectivity index (χ4v) is 3.45. The van der Waals surface area contributed by atoms with Crippen molar-refractivity contribution >= 4 is 99.1 Å². The standard InChI is InChI=1S/C20H17Cl7N4O5/c1-3-35-13(32)8-31(9-14(33)36-4-2)16(34)11-6-5-10(7-12(11)21)15-28-17(19(22,23)24)30-18(29-15)20(25,26)27/h5-7H,3-4,8-9H2,1-2H3. The molecule has 0 spiro atoms. The van der Waals surface area contributed by atoms with Gasteiger partial charge < -0.3 is 14.4 Å². The summed E-state index contributed by atoms with van der Waals surface area (Å²) in [5.41, 5.74) is 0.221. The summed E-state index contributed by atoms with van der Waals surface area (Å²) in [5.74, 6) is -2.86. The number of aromatic nitrogens is 3. The van der Waals surface area contributed by atoms with E-state index in [4.69, 9.17) is 90.7 Å². The summed E-state index contributed by atoms with van der Waals surface area (Å²) in [6.45, 7) is 2.39. The lowest BCUT2D eigenvalue weighted by atomic mass is 10.1. The van der Waals surface area contributed by atoms with Crippen molar-refractivity contribution in [3.05, 3.63) is 40.4 Å². The molecule has 1 aromatic heterocycles. The van der Waals surface area contributed by atoms with Gasteiger partial charge in [-0.3, -0.25) is 14.4 Å². The largest absolute Gasteiger partial charge is 0.465 e. The molecule has 0 bridgehead atoms. The molecule has 0 atom stereocenters. The normalized spacial score (nSPS) is 11.7. The first-order chi connectivity index (χ1) is 16.7. The lowest BCUT2D eigenvalue weighted by Gasteiger charge is -2.21. The Morgan fingerprint density at radius 2 is 1.31 bits per heavy atom. The van der Waals surface area contributed by atoms with Crippen LogP contribution in [0.1, 0.15) is 35.9 Å². The summed E-state index contributed by atoms with van der Waals surface area (Å²) in [4.78, 5) is 50.1. The summed E-state index contributed by atoms with van der Waals surface area (Å²) in [5, 5.41) is -0.0681. The minimum absolute atomic E-state index is 0.0359. The zero-order valence-electron chi connectivity index (χ0n) is 18.5. The Balaban J connectivity index is 2.47. The van der Waals surface area contributed by atoms with Crippen molar-refractivity contribution in [3.63, 3.8) is 0 Å². The van der Waals surface area contributed by atoms with Gasteiger partial charge in [0.25, 0.3) is 5.91 Å². The number of benzene rings is 1. The molecule has 0 aliphatic rings. The van der Waals surface area contributed by atoms with Crippen LogP contribution in [-0.2, 0) is 26.6 Å². The number of hydrogen-bond acceptors (Lipinski definition) is 8. The van der Waals surface area contributed by atoms with E-state index in [1.165, 1.54) is 18.2 Å².